The fraction of sp³-hybridized carbons (Fsp3) is 0.235. The lowest BCUT2D eigenvalue weighted by Crippen LogP contribution is -2.41. The standard InChI is InChI=1S/C17H18N2O4S/c1-23-14-8-5-9-15(12-14)24(21,22)18-16-10-11-19(17(16)20)13-6-3-2-4-7-13/h2-9,12,16,18H,10-11H2,1H3/t16-/m0/s1. The molecule has 0 radical (unpaired) electrons. The summed E-state index contributed by atoms with van der Waals surface area (Å²) in [7, 11) is -2.32. The van der Waals surface area contributed by atoms with E-state index in [1.807, 2.05) is 30.3 Å². The van der Waals surface area contributed by atoms with Crippen molar-refractivity contribution < 1.29 is 17.9 Å². The van der Waals surface area contributed by atoms with Gasteiger partial charge in [-0.25, -0.2) is 8.42 Å². The van der Waals surface area contributed by atoms with E-state index in [4.69, 9.17) is 4.74 Å². The van der Waals surface area contributed by atoms with Crippen molar-refractivity contribution in [2.45, 2.75) is 17.4 Å². The maximum absolute atomic E-state index is 12.5. The van der Waals surface area contributed by atoms with E-state index < -0.39 is 16.1 Å². The number of methoxy groups -OCH3 is 1. The second kappa shape index (κ2) is 6.62. The number of nitrogens with zero attached hydrogens (tertiary/aromatic N) is 1. The minimum Gasteiger partial charge on any atom is -0.497 e. The van der Waals surface area contributed by atoms with E-state index in [-0.39, 0.29) is 10.8 Å². The molecule has 3 rings (SSSR count). The van der Waals surface area contributed by atoms with E-state index in [1.54, 1.807) is 17.0 Å². The Morgan fingerprint density at radius 2 is 1.88 bits per heavy atom. The van der Waals surface area contributed by atoms with Crippen LogP contribution in [0.3, 0.4) is 0 Å². The number of ether oxygens (including phenoxy) is 1. The molecular formula is C17H18N2O4S. The molecule has 1 amide bonds. The van der Waals surface area contributed by atoms with Gasteiger partial charge in [-0.2, -0.15) is 4.72 Å². The Morgan fingerprint density at radius 1 is 1.12 bits per heavy atom. The molecule has 0 saturated carbocycles. The first-order chi connectivity index (χ1) is 11.5. The highest BCUT2D eigenvalue weighted by molar-refractivity contribution is 7.89. The summed E-state index contributed by atoms with van der Waals surface area (Å²) in [5.74, 6) is 0.203. The minimum atomic E-state index is -3.79. The van der Waals surface area contributed by atoms with Gasteiger partial charge in [0.25, 0.3) is 0 Å². The van der Waals surface area contributed by atoms with Gasteiger partial charge in [-0.05, 0) is 30.7 Å². The minimum absolute atomic E-state index is 0.0767. The molecule has 0 bridgehead atoms. The van der Waals surface area contributed by atoms with Crippen LogP contribution in [-0.2, 0) is 14.8 Å². The first kappa shape index (κ1) is 16.5. The van der Waals surface area contributed by atoms with Crippen LogP contribution < -0.4 is 14.4 Å². The number of amides is 1. The van der Waals surface area contributed by atoms with Crippen LogP contribution in [0.4, 0.5) is 5.69 Å². The van der Waals surface area contributed by atoms with Crippen molar-refractivity contribution in [2.75, 3.05) is 18.6 Å². The fourth-order valence-corrected chi connectivity index (χ4v) is 3.94. The van der Waals surface area contributed by atoms with Crippen molar-refractivity contribution in [3.05, 3.63) is 54.6 Å². The van der Waals surface area contributed by atoms with Crippen LogP contribution in [0.1, 0.15) is 6.42 Å². The first-order valence-corrected chi connectivity index (χ1v) is 9.02. The summed E-state index contributed by atoms with van der Waals surface area (Å²) < 4.78 is 32.6. The molecule has 0 aromatic heterocycles. The zero-order valence-electron chi connectivity index (χ0n) is 13.2. The molecule has 0 unspecified atom stereocenters. The highest BCUT2D eigenvalue weighted by atomic mass is 32.2. The maximum atomic E-state index is 12.5. The van der Waals surface area contributed by atoms with Crippen LogP contribution >= 0.6 is 0 Å². The highest BCUT2D eigenvalue weighted by Gasteiger charge is 2.35. The number of carbonyl (C=O) groups excluding carboxylic acids is 1. The van der Waals surface area contributed by atoms with Gasteiger partial charge >= 0.3 is 0 Å². The van der Waals surface area contributed by atoms with Crippen molar-refractivity contribution in [3.63, 3.8) is 0 Å². The molecule has 2 aromatic rings. The summed E-state index contributed by atoms with van der Waals surface area (Å²) in [6, 6.07) is 14.6. The topological polar surface area (TPSA) is 75.7 Å². The Balaban J connectivity index is 1.77. The predicted molar refractivity (Wildman–Crippen MR) is 90.5 cm³/mol. The van der Waals surface area contributed by atoms with Crippen LogP contribution in [0.2, 0.25) is 0 Å². The van der Waals surface area contributed by atoms with Gasteiger partial charge in [0.2, 0.25) is 15.9 Å². The number of nitrogens with one attached hydrogen (secondary N) is 1. The molecule has 1 aliphatic rings. The van der Waals surface area contributed by atoms with E-state index in [0.717, 1.165) is 5.69 Å². The van der Waals surface area contributed by atoms with Crippen LogP contribution in [0.25, 0.3) is 0 Å². The molecule has 1 N–H and O–H groups in total. The molecule has 1 saturated heterocycles. The van der Waals surface area contributed by atoms with Crippen LogP contribution in [0.5, 0.6) is 5.75 Å². The number of carbonyl (C=O) groups is 1. The van der Waals surface area contributed by atoms with Crippen molar-refractivity contribution in [1.82, 2.24) is 4.72 Å². The van der Waals surface area contributed by atoms with Crippen molar-refractivity contribution in [3.8, 4) is 5.75 Å². The molecule has 1 fully saturated rings. The Hall–Kier alpha value is -2.38. The summed E-state index contributed by atoms with van der Waals surface area (Å²) in [4.78, 5) is 14.2. The molecule has 6 nitrogen and oxygen atoms in total. The normalized spacial score (nSPS) is 18.0. The second-order valence-electron chi connectivity index (χ2n) is 5.47. The smallest absolute Gasteiger partial charge is 0.245 e. The number of rotatable bonds is 5. The Morgan fingerprint density at radius 3 is 2.58 bits per heavy atom. The molecule has 1 aliphatic heterocycles. The van der Waals surface area contributed by atoms with Crippen LogP contribution in [-0.4, -0.2) is 34.0 Å². The largest absolute Gasteiger partial charge is 0.497 e. The van der Waals surface area contributed by atoms with Gasteiger partial charge in [0.15, 0.2) is 0 Å². The van der Waals surface area contributed by atoms with Crippen molar-refractivity contribution in [2.24, 2.45) is 0 Å². The molecule has 126 valence electrons. The van der Waals surface area contributed by atoms with E-state index in [2.05, 4.69) is 4.72 Å². The summed E-state index contributed by atoms with van der Waals surface area (Å²) in [6.45, 7) is 0.480. The molecule has 1 atom stereocenters. The molecular weight excluding hydrogens is 328 g/mol. The summed E-state index contributed by atoms with van der Waals surface area (Å²) in [5, 5.41) is 0. The Bertz CT molecular complexity index is 837. The average Bonchev–Trinajstić information content (AvgIpc) is 2.96. The Kier molecular flexibility index (Phi) is 4.55. The monoisotopic (exact) mass is 346 g/mol. The zero-order chi connectivity index (χ0) is 17.2. The van der Waals surface area contributed by atoms with Gasteiger partial charge in [0.1, 0.15) is 11.8 Å². The number of hydrogen-bond donors (Lipinski definition) is 1. The number of sulfonamides is 1. The van der Waals surface area contributed by atoms with Crippen molar-refractivity contribution in [1.29, 1.82) is 0 Å². The van der Waals surface area contributed by atoms with Crippen molar-refractivity contribution >= 4 is 21.6 Å². The maximum Gasteiger partial charge on any atom is 0.245 e. The quantitative estimate of drug-likeness (QED) is 0.895. The van der Waals surface area contributed by atoms with E-state index >= 15 is 0 Å². The number of benzene rings is 2. The third-order valence-electron chi connectivity index (χ3n) is 3.92. The highest BCUT2D eigenvalue weighted by Crippen LogP contribution is 2.23. The summed E-state index contributed by atoms with van der Waals surface area (Å²) in [5.41, 5.74) is 0.769. The molecule has 0 spiro atoms. The third-order valence-corrected chi connectivity index (χ3v) is 5.39. The first-order valence-electron chi connectivity index (χ1n) is 7.54. The van der Waals surface area contributed by atoms with Gasteiger partial charge in [-0.1, -0.05) is 24.3 Å². The SMILES string of the molecule is COc1cccc(S(=O)(=O)N[C@H]2CCN(c3ccccc3)C2=O)c1. The van der Waals surface area contributed by atoms with E-state index in [9.17, 15) is 13.2 Å². The van der Waals surface area contributed by atoms with Crippen LogP contribution in [0, 0.1) is 0 Å². The van der Waals surface area contributed by atoms with Crippen LogP contribution in [0.15, 0.2) is 59.5 Å². The van der Waals surface area contributed by atoms with Gasteiger partial charge in [-0.3, -0.25) is 4.79 Å². The van der Waals surface area contributed by atoms with Gasteiger partial charge in [0.05, 0.1) is 12.0 Å². The number of para-hydroxylation sites is 1. The predicted octanol–water partition coefficient (Wildman–Crippen LogP) is 1.78. The summed E-state index contributed by atoms with van der Waals surface area (Å²) in [6.07, 6.45) is 0.428. The molecule has 24 heavy (non-hydrogen) atoms. The Labute approximate surface area is 141 Å². The second-order valence-corrected chi connectivity index (χ2v) is 7.18. The van der Waals surface area contributed by atoms with E-state index in [1.165, 1.54) is 19.2 Å². The fourth-order valence-electron chi connectivity index (χ4n) is 2.68. The molecule has 7 heteroatoms. The van der Waals surface area contributed by atoms with E-state index in [0.29, 0.717) is 18.7 Å². The number of hydrogen-bond acceptors (Lipinski definition) is 4. The summed E-state index contributed by atoms with van der Waals surface area (Å²) >= 11 is 0. The number of anilines is 1. The molecule has 0 aliphatic carbocycles. The lowest BCUT2D eigenvalue weighted by atomic mass is 10.3. The lowest BCUT2D eigenvalue weighted by Gasteiger charge is -2.17. The average molecular weight is 346 g/mol. The lowest BCUT2D eigenvalue weighted by molar-refractivity contribution is -0.118. The van der Waals surface area contributed by atoms with Gasteiger partial charge in [-0.15, -0.1) is 0 Å². The molecule has 2 aromatic carbocycles. The van der Waals surface area contributed by atoms with Gasteiger partial charge < -0.3 is 9.64 Å². The third kappa shape index (κ3) is 3.27. The zero-order valence-corrected chi connectivity index (χ0v) is 14.0. The van der Waals surface area contributed by atoms with Gasteiger partial charge in [0, 0.05) is 18.3 Å². The molecule has 1 heterocycles.